The van der Waals surface area contributed by atoms with Gasteiger partial charge in [-0.15, -0.1) is 0 Å². The molecule has 1 aliphatic heterocycles. The summed E-state index contributed by atoms with van der Waals surface area (Å²) in [6.07, 6.45) is 2.36. The second kappa shape index (κ2) is 12.3. The molecule has 2 aromatic carbocycles. The average Bonchev–Trinajstić information content (AvgIpc) is 2.91. The highest BCUT2D eigenvalue weighted by atomic mass is 19.1. The predicted molar refractivity (Wildman–Crippen MR) is 148 cm³/mol. The number of anilines is 1. The number of carbonyl (C=O) groups excluding carboxylic acids is 3. The van der Waals surface area contributed by atoms with Gasteiger partial charge < -0.3 is 16.4 Å². The summed E-state index contributed by atoms with van der Waals surface area (Å²) in [6.45, 7) is 4.17. The van der Waals surface area contributed by atoms with E-state index in [-0.39, 0.29) is 42.7 Å². The zero-order chi connectivity index (χ0) is 28.1. The number of amides is 2. The minimum Gasteiger partial charge on any atom is -0.338 e. The maximum atomic E-state index is 14.3. The fourth-order valence-electron chi connectivity index (χ4n) is 4.60. The lowest BCUT2D eigenvalue weighted by Crippen LogP contribution is -2.56. The van der Waals surface area contributed by atoms with Gasteiger partial charge in [0.2, 0.25) is 5.91 Å². The molecule has 1 aromatic heterocycles. The van der Waals surface area contributed by atoms with Gasteiger partial charge in [-0.1, -0.05) is 38.1 Å². The number of halogens is 1. The first-order chi connectivity index (χ1) is 18.6. The molecule has 1 saturated heterocycles. The molecule has 0 spiro atoms. The topological polar surface area (TPSA) is 123 Å². The second-order valence-electron chi connectivity index (χ2n) is 10.3. The van der Waals surface area contributed by atoms with Gasteiger partial charge in [-0.2, -0.15) is 0 Å². The van der Waals surface area contributed by atoms with E-state index in [4.69, 9.17) is 11.5 Å². The number of rotatable bonds is 8. The number of Topliss-reactive ketones (excluding diaryl/α,β-unsaturated/α-hetero) is 1. The van der Waals surface area contributed by atoms with Crippen LogP contribution in [-0.2, 0) is 16.0 Å². The van der Waals surface area contributed by atoms with Crippen molar-refractivity contribution in [3.05, 3.63) is 83.8 Å². The Labute approximate surface area is 227 Å². The number of piperidine rings is 1. The Morgan fingerprint density at radius 2 is 1.67 bits per heavy atom. The lowest BCUT2D eigenvalue weighted by atomic mass is 10.00. The van der Waals surface area contributed by atoms with E-state index in [9.17, 15) is 18.8 Å². The van der Waals surface area contributed by atoms with Crippen LogP contribution in [-0.4, -0.2) is 59.2 Å². The minimum absolute atomic E-state index is 0.0799. The average molecular weight is 532 g/mol. The lowest BCUT2D eigenvalue weighted by Gasteiger charge is -2.36. The summed E-state index contributed by atoms with van der Waals surface area (Å²) >= 11 is 0. The molecule has 1 aliphatic rings. The SMILES string of the molecule is CC(C)C(=O)Cc1ccc(C(=O)N(CC(=O)N2CC(N)CC(N)C2)c2ccc(-c3ccccc3F)nc2)cc1. The monoisotopic (exact) mass is 531 g/mol. The summed E-state index contributed by atoms with van der Waals surface area (Å²) in [7, 11) is 0. The number of hydrogen-bond donors (Lipinski definition) is 2. The molecule has 3 aromatic rings. The van der Waals surface area contributed by atoms with E-state index in [0.29, 0.717) is 42.0 Å². The first-order valence-electron chi connectivity index (χ1n) is 13.1. The molecule has 2 unspecified atom stereocenters. The number of carbonyl (C=O) groups is 3. The Hall–Kier alpha value is -3.95. The Morgan fingerprint density at radius 3 is 2.26 bits per heavy atom. The molecule has 2 atom stereocenters. The molecule has 0 radical (unpaired) electrons. The summed E-state index contributed by atoms with van der Waals surface area (Å²) < 4.78 is 14.3. The minimum atomic E-state index is -0.408. The fraction of sp³-hybridized carbons (Fsp3) is 0.333. The van der Waals surface area contributed by atoms with E-state index in [1.807, 2.05) is 13.8 Å². The molecular formula is C30H34FN5O3. The van der Waals surface area contributed by atoms with E-state index in [1.165, 1.54) is 17.2 Å². The summed E-state index contributed by atoms with van der Waals surface area (Å²) in [5.74, 6) is -1.07. The van der Waals surface area contributed by atoms with Gasteiger partial charge in [0.05, 0.1) is 17.6 Å². The van der Waals surface area contributed by atoms with Crippen molar-refractivity contribution in [3.8, 4) is 11.3 Å². The van der Waals surface area contributed by atoms with Crippen LogP contribution >= 0.6 is 0 Å². The van der Waals surface area contributed by atoms with Gasteiger partial charge in [-0.3, -0.25) is 24.3 Å². The van der Waals surface area contributed by atoms with E-state index < -0.39 is 11.7 Å². The maximum Gasteiger partial charge on any atom is 0.258 e. The Morgan fingerprint density at radius 1 is 1.00 bits per heavy atom. The van der Waals surface area contributed by atoms with Crippen LogP contribution in [0.5, 0.6) is 0 Å². The van der Waals surface area contributed by atoms with Crippen molar-refractivity contribution in [1.29, 1.82) is 0 Å². The second-order valence-corrected chi connectivity index (χ2v) is 10.3. The smallest absolute Gasteiger partial charge is 0.258 e. The highest BCUT2D eigenvalue weighted by Gasteiger charge is 2.29. The van der Waals surface area contributed by atoms with Crippen molar-refractivity contribution in [2.75, 3.05) is 24.5 Å². The molecule has 0 aliphatic carbocycles. The molecule has 0 saturated carbocycles. The highest BCUT2D eigenvalue weighted by molar-refractivity contribution is 6.08. The van der Waals surface area contributed by atoms with E-state index in [2.05, 4.69) is 4.98 Å². The van der Waals surface area contributed by atoms with Crippen molar-refractivity contribution in [2.24, 2.45) is 17.4 Å². The van der Waals surface area contributed by atoms with Crippen LogP contribution in [0.2, 0.25) is 0 Å². The van der Waals surface area contributed by atoms with Gasteiger partial charge in [0.15, 0.2) is 0 Å². The van der Waals surface area contributed by atoms with Gasteiger partial charge in [0.1, 0.15) is 18.1 Å². The molecule has 4 rings (SSSR count). The van der Waals surface area contributed by atoms with Gasteiger partial charge >= 0.3 is 0 Å². The summed E-state index contributed by atoms with van der Waals surface area (Å²) in [6, 6.07) is 15.9. The molecule has 1 fully saturated rings. The zero-order valence-electron chi connectivity index (χ0n) is 22.2. The lowest BCUT2D eigenvalue weighted by molar-refractivity contribution is -0.131. The first-order valence-corrected chi connectivity index (χ1v) is 13.1. The van der Waals surface area contributed by atoms with Crippen LogP contribution in [0.1, 0.15) is 36.2 Å². The van der Waals surface area contributed by atoms with Crippen molar-refractivity contribution in [3.63, 3.8) is 0 Å². The first kappa shape index (κ1) is 28.1. The number of likely N-dealkylation sites (tertiary alicyclic amines) is 1. The standard InChI is InChI=1S/C30H34FN5O3/c1-19(2)28(37)13-20-7-9-21(10-8-20)30(39)36(18-29(38)35-16-22(32)14-23(33)17-35)24-11-12-27(34-15-24)25-5-3-4-6-26(25)31/h3-12,15,19,22-23H,13-14,16-18,32-33H2,1-2H3. The Kier molecular flexibility index (Phi) is 8.83. The highest BCUT2D eigenvalue weighted by Crippen LogP contribution is 2.24. The zero-order valence-corrected chi connectivity index (χ0v) is 22.2. The third kappa shape index (κ3) is 6.93. The summed E-state index contributed by atoms with van der Waals surface area (Å²) in [5, 5.41) is 0. The fourth-order valence-corrected chi connectivity index (χ4v) is 4.60. The Balaban J connectivity index is 1.61. The number of pyridine rings is 1. The summed E-state index contributed by atoms with van der Waals surface area (Å²) in [4.78, 5) is 46.4. The van der Waals surface area contributed by atoms with Crippen LogP contribution in [0.25, 0.3) is 11.3 Å². The molecule has 0 bridgehead atoms. The number of nitrogens with zero attached hydrogens (tertiary/aromatic N) is 3. The van der Waals surface area contributed by atoms with Crippen LogP contribution < -0.4 is 16.4 Å². The molecule has 2 amide bonds. The molecule has 39 heavy (non-hydrogen) atoms. The van der Waals surface area contributed by atoms with Crippen molar-refractivity contribution in [2.45, 2.75) is 38.8 Å². The van der Waals surface area contributed by atoms with E-state index in [0.717, 1.165) is 5.56 Å². The number of aromatic nitrogens is 1. The quantitative estimate of drug-likeness (QED) is 0.460. The van der Waals surface area contributed by atoms with Gasteiger partial charge in [0, 0.05) is 48.6 Å². The third-order valence-electron chi connectivity index (χ3n) is 6.84. The van der Waals surface area contributed by atoms with Crippen LogP contribution in [0.15, 0.2) is 66.9 Å². The van der Waals surface area contributed by atoms with Crippen molar-refractivity contribution >= 4 is 23.3 Å². The van der Waals surface area contributed by atoms with Gasteiger partial charge in [-0.05, 0) is 48.4 Å². The van der Waals surface area contributed by atoms with Gasteiger partial charge in [-0.25, -0.2) is 4.39 Å². The Bertz CT molecular complexity index is 1320. The van der Waals surface area contributed by atoms with Crippen LogP contribution in [0.3, 0.4) is 0 Å². The number of hydrogen-bond acceptors (Lipinski definition) is 6. The van der Waals surface area contributed by atoms with Crippen LogP contribution in [0.4, 0.5) is 10.1 Å². The molecule has 4 N–H and O–H groups in total. The van der Waals surface area contributed by atoms with E-state index in [1.54, 1.807) is 59.5 Å². The number of nitrogens with two attached hydrogens (primary N) is 2. The molecule has 2 heterocycles. The van der Waals surface area contributed by atoms with Crippen LogP contribution in [0, 0.1) is 11.7 Å². The largest absolute Gasteiger partial charge is 0.338 e. The maximum absolute atomic E-state index is 14.3. The van der Waals surface area contributed by atoms with E-state index >= 15 is 0 Å². The summed E-state index contributed by atoms with van der Waals surface area (Å²) in [5.41, 5.74) is 14.4. The molecule has 204 valence electrons. The molecule has 9 heteroatoms. The van der Waals surface area contributed by atoms with Gasteiger partial charge in [0.25, 0.3) is 5.91 Å². The molecular weight excluding hydrogens is 497 g/mol. The predicted octanol–water partition coefficient (Wildman–Crippen LogP) is 3.19. The normalized spacial score (nSPS) is 17.2. The van der Waals surface area contributed by atoms with Crippen molar-refractivity contribution in [1.82, 2.24) is 9.88 Å². The molecule has 8 nitrogen and oxygen atoms in total. The number of ketones is 1. The van der Waals surface area contributed by atoms with Crippen molar-refractivity contribution < 1.29 is 18.8 Å². The number of benzene rings is 2. The third-order valence-corrected chi connectivity index (χ3v) is 6.84.